The van der Waals surface area contributed by atoms with Crippen LogP contribution in [-0.4, -0.2) is 23.8 Å². The van der Waals surface area contributed by atoms with Crippen LogP contribution in [0.5, 0.6) is 0 Å². The standard InChI is InChI=1S/C14H21ClN2O2/c1-10(2)7-12(9-18)17-14(19)16-8-11-5-3-4-6-13(11)15/h3-6,10,12,18H,7-9H2,1-2H3,(H2,16,17,19). The summed E-state index contributed by atoms with van der Waals surface area (Å²) in [5.41, 5.74) is 0.865. The Morgan fingerprint density at radius 2 is 2.05 bits per heavy atom. The number of benzene rings is 1. The van der Waals surface area contributed by atoms with Crippen molar-refractivity contribution in [3.63, 3.8) is 0 Å². The number of carbonyl (C=O) groups excluding carboxylic acids is 1. The van der Waals surface area contributed by atoms with Crippen molar-refractivity contribution in [3.8, 4) is 0 Å². The van der Waals surface area contributed by atoms with Gasteiger partial charge >= 0.3 is 6.03 Å². The molecule has 4 nitrogen and oxygen atoms in total. The zero-order chi connectivity index (χ0) is 14.3. The minimum atomic E-state index is -0.292. The van der Waals surface area contributed by atoms with Crippen molar-refractivity contribution in [2.75, 3.05) is 6.61 Å². The van der Waals surface area contributed by atoms with Gasteiger partial charge < -0.3 is 15.7 Å². The second-order valence-electron chi connectivity index (χ2n) is 4.93. The number of nitrogens with one attached hydrogen (secondary N) is 2. The van der Waals surface area contributed by atoms with E-state index in [1.807, 2.05) is 32.0 Å². The van der Waals surface area contributed by atoms with Gasteiger partial charge in [-0.2, -0.15) is 0 Å². The molecule has 0 aliphatic carbocycles. The third-order valence-electron chi connectivity index (χ3n) is 2.71. The van der Waals surface area contributed by atoms with Gasteiger partial charge in [0, 0.05) is 11.6 Å². The van der Waals surface area contributed by atoms with Gasteiger partial charge in [-0.3, -0.25) is 0 Å². The SMILES string of the molecule is CC(C)CC(CO)NC(=O)NCc1ccccc1Cl. The highest BCUT2D eigenvalue weighted by Crippen LogP contribution is 2.14. The van der Waals surface area contributed by atoms with Gasteiger partial charge in [0.05, 0.1) is 12.6 Å². The molecular weight excluding hydrogens is 264 g/mol. The number of hydrogen-bond acceptors (Lipinski definition) is 2. The first-order chi connectivity index (χ1) is 9.02. The van der Waals surface area contributed by atoms with E-state index in [-0.39, 0.29) is 18.7 Å². The number of carbonyl (C=O) groups is 1. The highest BCUT2D eigenvalue weighted by Gasteiger charge is 2.12. The Labute approximate surface area is 119 Å². The molecule has 1 unspecified atom stereocenters. The van der Waals surface area contributed by atoms with Crippen LogP contribution in [0.3, 0.4) is 0 Å². The summed E-state index contributed by atoms with van der Waals surface area (Å²) in [6, 6.07) is 6.85. The maximum absolute atomic E-state index is 11.7. The third kappa shape index (κ3) is 5.94. The summed E-state index contributed by atoms with van der Waals surface area (Å²) < 4.78 is 0. The largest absolute Gasteiger partial charge is 0.394 e. The van der Waals surface area contributed by atoms with Crippen molar-refractivity contribution >= 4 is 17.6 Å². The molecule has 1 atom stereocenters. The molecule has 0 aliphatic heterocycles. The number of amides is 2. The van der Waals surface area contributed by atoms with Crippen LogP contribution in [-0.2, 0) is 6.54 Å². The molecule has 0 aliphatic rings. The molecule has 0 spiro atoms. The van der Waals surface area contributed by atoms with Crippen molar-refractivity contribution in [2.24, 2.45) is 5.92 Å². The van der Waals surface area contributed by atoms with Gasteiger partial charge in [0.15, 0.2) is 0 Å². The molecule has 0 heterocycles. The van der Waals surface area contributed by atoms with E-state index in [1.54, 1.807) is 6.07 Å². The lowest BCUT2D eigenvalue weighted by Crippen LogP contribution is -2.44. The molecule has 0 aromatic heterocycles. The lowest BCUT2D eigenvalue weighted by Gasteiger charge is -2.18. The van der Waals surface area contributed by atoms with Crippen molar-refractivity contribution in [1.82, 2.24) is 10.6 Å². The Morgan fingerprint density at radius 3 is 2.63 bits per heavy atom. The van der Waals surface area contributed by atoms with E-state index in [2.05, 4.69) is 10.6 Å². The van der Waals surface area contributed by atoms with Crippen LogP contribution < -0.4 is 10.6 Å². The molecule has 1 aromatic carbocycles. The van der Waals surface area contributed by atoms with Gasteiger partial charge in [0.25, 0.3) is 0 Å². The Morgan fingerprint density at radius 1 is 1.37 bits per heavy atom. The second-order valence-corrected chi connectivity index (χ2v) is 5.33. The van der Waals surface area contributed by atoms with Crippen LogP contribution in [0.4, 0.5) is 4.79 Å². The molecule has 5 heteroatoms. The molecule has 0 saturated carbocycles. The average molecular weight is 285 g/mol. The topological polar surface area (TPSA) is 61.4 Å². The van der Waals surface area contributed by atoms with E-state index in [0.717, 1.165) is 12.0 Å². The fourth-order valence-electron chi connectivity index (χ4n) is 1.80. The molecule has 0 fully saturated rings. The Hall–Kier alpha value is -1.26. The average Bonchev–Trinajstić information content (AvgIpc) is 2.36. The number of rotatable bonds is 6. The molecule has 19 heavy (non-hydrogen) atoms. The summed E-state index contributed by atoms with van der Waals surface area (Å²) in [6.07, 6.45) is 0.746. The van der Waals surface area contributed by atoms with Crippen molar-refractivity contribution in [2.45, 2.75) is 32.9 Å². The Balaban J connectivity index is 2.41. The smallest absolute Gasteiger partial charge is 0.315 e. The predicted molar refractivity (Wildman–Crippen MR) is 77.2 cm³/mol. The minimum Gasteiger partial charge on any atom is -0.394 e. The first-order valence-electron chi connectivity index (χ1n) is 6.41. The Kier molecular flexibility index (Phi) is 6.67. The van der Waals surface area contributed by atoms with E-state index < -0.39 is 0 Å². The van der Waals surface area contributed by atoms with Crippen molar-refractivity contribution in [1.29, 1.82) is 0 Å². The van der Waals surface area contributed by atoms with E-state index in [1.165, 1.54) is 0 Å². The normalized spacial score (nSPS) is 12.3. The summed E-state index contributed by atoms with van der Waals surface area (Å²) in [5.74, 6) is 0.418. The van der Waals surface area contributed by atoms with Crippen LogP contribution in [0.1, 0.15) is 25.8 Å². The van der Waals surface area contributed by atoms with Gasteiger partial charge in [0.2, 0.25) is 0 Å². The van der Waals surface area contributed by atoms with Crippen LogP contribution >= 0.6 is 11.6 Å². The number of aliphatic hydroxyl groups is 1. The quantitative estimate of drug-likeness (QED) is 0.752. The van der Waals surface area contributed by atoms with E-state index >= 15 is 0 Å². The van der Waals surface area contributed by atoms with E-state index in [9.17, 15) is 9.90 Å². The first kappa shape index (κ1) is 15.8. The molecular formula is C14H21ClN2O2. The fourth-order valence-corrected chi connectivity index (χ4v) is 2.00. The van der Waals surface area contributed by atoms with Gasteiger partial charge in [-0.15, -0.1) is 0 Å². The molecule has 106 valence electrons. The molecule has 0 radical (unpaired) electrons. The lowest BCUT2D eigenvalue weighted by molar-refractivity contribution is 0.206. The van der Waals surface area contributed by atoms with Gasteiger partial charge in [-0.1, -0.05) is 43.6 Å². The molecule has 0 saturated heterocycles. The molecule has 2 amide bonds. The predicted octanol–water partition coefficient (Wildman–Crippen LogP) is 2.55. The lowest BCUT2D eigenvalue weighted by atomic mass is 10.0. The summed E-state index contributed by atoms with van der Waals surface area (Å²) in [7, 11) is 0. The minimum absolute atomic E-state index is 0.0578. The van der Waals surface area contributed by atoms with Crippen molar-refractivity contribution < 1.29 is 9.90 Å². The first-order valence-corrected chi connectivity index (χ1v) is 6.79. The molecule has 1 aromatic rings. The second kappa shape index (κ2) is 8.02. The van der Waals surface area contributed by atoms with Gasteiger partial charge in [0.1, 0.15) is 0 Å². The maximum atomic E-state index is 11.7. The highest BCUT2D eigenvalue weighted by atomic mass is 35.5. The van der Waals surface area contributed by atoms with E-state index in [0.29, 0.717) is 17.5 Å². The van der Waals surface area contributed by atoms with Crippen LogP contribution in [0.15, 0.2) is 24.3 Å². The number of hydrogen-bond donors (Lipinski definition) is 3. The number of aliphatic hydroxyl groups excluding tert-OH is 1. The molecule has 3 N–H and O–H groups in total. The summed E-state index contributed by atoms with van der Waals surface area (Å²) >= 11 is 6.00. The highest BCUT2D eigenvalue weighted by molar-refractivity contribution is 6.31. The maximum Gasteiger partial charge on any atom is 0.315 e. The monoisotopic (exact) mass is 284 g/mol. The van der Waals surface area contributed by atoms with Crippen molar-refractivity contribution in [3.05, 3.63) is 34.9 Å². The summed E-state index contributed by atoms with van der Waals surface area (Å²) in [6.45, 7) is 4.40. The molecule has 1 rings (SSSR count). The number of halogens is 1. The third-order valence-corrected chi connectivity index (χ3v) is 3.08. The van der Waals surface area contributed by atoms with Gasteiger partial charge in [-0.05, 0) is 24.0 Å². The zero-order valence-electron chi connectivity index (χ0n) is 11.3. The molecule has 0 bridgehead atoms. The number of urea groups is 1. The van der Waals surface area contributed by atoms with Gasteiger partial charge in [-0.25, -0.2) is 4.79 Å². The Bertz CT molecular complexity index is 410. The van der Waals surface area contributed by atoms with Crippen LogP contribution in [0.25, 0.3) is 0 Å². The zero-order valence-corrected chi connectivity index (χ0v) is 12.1. The van der Waals surface area contributed by atoms with E-state index in [4.69, 9.17) is 11.6 Å². The van der Waals surface area contributed by atoms with Crippen LogP contribution in [0.2, 0.25) is 5.02 Å². The van der Waals surface area contributed by atoms with Crippen LogP contribution in [0, 0.1) is 5.92 Å². The fraction of sp³-hybridized carbons (Fsp3) is 0.500. The summed E-state index contributed by atoms with van der Waals surface area (Å²) in [5, 5.41) is 15.3. The summed E-state index contributed by atoms with van der Waals surface area (Å²) in [4.78, 5) is 11.7.